The second kappa shape index (κ2) is 9.26. The van der Waals surface area contributed by atoms with Gasteiger partial charge in [-0.2, -0.15) is 0 Å². The van der Waals surface area contributed by atoms with E-state index in [4.69, 9.17) is 4.74 Å². The molecule has 0 saturated heterocycles. The molecule has 30 heavy (non-hydrogen) atoms. The highest BCUT2D eigenvalue weighted by Gasteiger charge is 2.13. The number of ether oxygens (including phenoxy) is 1. The third kappa shape index (κ3) is 5.79. The van der Waals surface area contributed by atoms with E-state index in [0.29, 0.717) is 23.0 Å². The monoisotopic (exact) mass is 425 g/mol. The van der Waals surface area contributed by atoms with Crippen LogP contribution >= 0.6 is 11.3 Å². The number of benzene rings is 2. The van der Waals surface area contributed by atoms with E-state index >= 15 is 0 Å². The van der Waals surface area contributed by atoms with Crippen molar-refractivity contribution in [3.05, 3.63) is 48.0 Å². The van der Waals surface area contributed by atoms with Gasteiger partial charge >= 0.3 is 0 Å². The third-order valence-electron chi connectivity index (χ3n) is 4.49. The van der Waals surface area contributed by atoms with Crippen molar-refractivity contribution in [2.45, 2.75) is 46.0 Å². The molecule has 0 bridgehead atoms. The van der Waals surface area contributed by atoms with Crippen LogP contribution in [-0.2, 0) is 15.0 Å². The van der Waals surface area contributed by atoms with Gasteiger partial charge in [-0.3, -0.25) is 9.59 Å². The first-order valence-electron chi connectivity index (χ1n) is 9.98. The maximum Gasteiger partial charge on any atom is 0.262 e. The predicted octanol–water partition coefficient (Wildman–Crippen LogP) is 5.35. The molecule has 2 N–H and O–H groups in total. The molecule has 0 fully saturated rings. The molecule has 7 heteroatoms. The van der Waals surface area contributed by atoms with E-state index in [1.807, 2.05) is 43.3 Å². The molecule has 0 radical (unpaired) electrons. The number of carbonyl (C=O) groups excluding carboxylic acids is 2. The molecule has 0 atom stereocenters. The van der Waals surface area contributed by atoms with Crippen molar-refractivity contribution in [3.63, 3.8) is 0 Å². The molecule has 1 aromatic heterocycles. The van der Waals surface area contributed by atoms with Crippen LogP contribution in [0.3, 0.4) is 0 Å². The molecule has 6 nitrogen and oxygen atoms in total. The summed E-state index contributed by atoms with van der Waals surface area (Å²) in [6.45, 7) is 8.33. The van der Waals surface area contributed by atoms with Crippen LogP contribution in [0.4, 0.5) is 10.8 Å². The second-order valence-electron chi connectivity index (χ2n) is 8.11. The summed E-state index contributed by atoms with van der Waals surface area (Å²) in [7, 11) is 0. The van der Waals surface area contributed by atoms with E-state index in [1.165, 1.54) is 16.9 Å². The number of fused-ring (bicyclic) bond motifs is 1. The quantitative estimate of drug-likeness (QED) is 0.535. The summed E-state index contributed by atoms with van der Waals surface area (Å²) in [6, 6.07) is 13.2. The number of carbonyl (C=O) groups is 2. The number of hydrogen-bond acceptors (Lipinski definition) is 5. The minimum atomic E-state index is -0.241. The maximum atomic E-state index is 12.3. The van der Waals surface area contributed by atoms with Crippen LogP contribution in [0.25, 0.3) is 10.2 Å². The van der Waals surface area contributed by atoms with Crippen molar-refractivity contribution >= 4 is 44.2 Å². The minimum Gasteiger partial charge on any atom is -0.484 e. The Bertz CT molecular complexity index is 1040. The number of hydrogen-bond donors (Lipinski definition) is 2. The van der Waals surface area contributed by atoms with Crippen LogP contribution in [0.5, 0.6) is 5.75 Å². The van der Waals surface area contributed by atoms with Crippen LogP contribution < -0.4 is 15.4 Å². The molecule has 0 aliphatic heterocycles. The van der Waals surface area contributed by atoms with Crippen LogP contribution in [-0.4, -0.2) is 23.4 Å². The van der Waals surface area contributed by atoms with E-state index in [2.05, 4.69) is 36.4 Å². The van der Waals surface area contributed by atoms with E-state index in [9.17, 15) is 9.59 Å². The molecule has 3 rings (SSSR count). The summed E-state index contributed by atoms with van der Waals surface area (Å²) >= 11 is 1.38. The van der Waals surface area contributed by atoms with E-state index in [1.54, 1.807) is 6.07 Å². The Kier molecular flexibility index (Phi) is 6.72. The number of thiazole rings is 1. The first kappa shape index (κ1) is 21.8. The Balaban J connectivity index is 1.57. The molecule has 0 aliphatic rings. The van der Waals surface area contributed by atoms with Crippen molar-refractivity contribution in [1.82, 2.24) is 4.98 Å². The first-order chi connectivity index (χ1) is 14.2. The number of nitrogens with zero attached hydrogens (tertiary/aromatic N) is 1. The lowest BCUT2D eigenvalue weighted by molar-refractivity contribution is -0.118. The van der Waals surface area contributed by atoms with E-state index in [-0.39, 0.29) is 23.8 Å². The molecule has 0 aliphatic carbocycles. The Morgan fingerprint density at radius 3 is 2.43 bits per heavy atom. The lowest BCUT2D eigenvalue weighted by Gasteiger charge is -2.19. The molecule has 0 spiro atoms. The van der Waals surface area contributed by atoms with Crippen molar-refractivity contribution in [2.24, 2.45) is 0 Å². The van der Waals surface area contributed by atoms with E-state index < -0.39 is 0 Å². The maximum absolute atomic E-state index is 12.3. The van der Waals surface area contributed by atoms with Crippen molar-refractivity contribution in [2.75, 3.05) is 17.2 Å². The van der Waals surface area contributed by atoms with Gasteiger partial charge in [0.2, 0.25) is 5.91 Å². The molecule has 2 amide bonds. The van der Waals surface area contributed by atoms with Gasteiger partial charge in [0.15, 0.2) is 11.7 Å². The molecule has 1 heterocycles. The van der Waals surface area contributed by atoms with Gasteiger partial charge in [-0.25, -0.2) is 4.98 Å². The van der Waals surface area contributed by atoms with Gasteiger partial charge in [0.25, 0.3) is 5.91 Å². The van der Waals surface area contributed by atoms with Gasteiger partial charge in [-0.15, -0.1) is 0 Å². The summed E-state index contributed by atoms with van der Waals surface area (Å²) in [5.41, 5.74) is 2.72. The van der Waals surface area contributed by atoms with Gasteiger partial charge in [0.1, 0.15) is 5.75 Å². The fraction of sp³-hybridized carbons (Fsp3) is 0.348. The SMILES string of the molecule is CCCC(=O)Nc1nc2ccc(NC(=O)COc3ccc(C(C)(C)C)cc3)cc2s1. The Hall–Kier alpha value is -2.93. The average molecular weight is 426 g/mol. The average Bonchev–Trinajstić information content (AvgIpc) is 3.07. The van der Waals surface area contributed by atoms with Crippen molar-refractivity contribution < 1.29 is 14.3 Å². The molecule has 3 aromatic rings. The summed E-state index contributed by atoms with van der Waals surface area (Å²) in [5, 5.41) is 6.21. The van der Waals surface area contributed by atoms with Gasteiger partial charge in [-0.05, 0) is 47.7 Å². The number of amides is 2. The largest absolute Gasteiger partial charge is 0.484 e. The minimum absolute atomic E-state index is 0.0437. The summed E-state index contributed by atoms with van der Waals surface area (Å²) < 4.78 is 6.48. The Morgan fingerprint density at radius 1 is 1.03 bits per heavy atom. The number of nitrogens with one attached hydrogen (secondary N) is 2. The van der Waals surface area contributed by atoms with Crippen LogP contribution in [0, 0.1) is 0 Å². The summed E-state index contributed by atoms with van der Waals surface area (Å²) in [4.78, 5) is 28.4. The van der Waals surface area contributed by atoms with Crippen LogP contribution in [0.2, 0.25) is 0 Å². The summed E-state index contributed by atoms with van der Waals surface area (Å²) in [6.07, 6.45) is 1.26. The van der Waals surface area contributed by atoms with Gasteiger partial charge in [0, 0.05) is 12.1 Å². The van der Waals surface area contributed by atoms with Gasteiger partial charge in [-0.1, -0.05) is 51.2 Å². The fourth-order valence-electron chi connectivity index (χ4n) is 2.86. The fourth-order valence-corrected chi connectivity index (χ4v) is 3.78. The number of aromatic nitrogens is 1. The zero-order chi connectivity index (χ0) is 21.7. The molecule has 158 valence electrons. The predicted molar refractivity (Wildman–Crippen MR) is 122 cm³/mol. The third-order valence-corrected chi connectivity index (χ3v) is 5.42. The van der Waals surface area contributed by atoms with Gasteiger partial charge in [0.05, 0.1) is 10.2 Å². The van der Waals surface area contributed by atoms with E-state index in [0.717, 1.165) is 16.6 Å². The second-order valence-corrected chi connectivity index (χ2v) is 9.14. The normalized spacial score (nSPS) is 11.3. The Morgan fingerprint density at radius 2 is 1.77 bits per heavy atom. The van der Waals surface area contributed by atoms with Crippen molar-refractivity contribution in [3.8, 4) is 5.75 Å². The van der Waals surface area contributed by atoms with Crippen LogP contribution in [0.15, 0.2) is 42.5 Å². The molecule has 2 aromatic carbocycles. The highest BCUT2D eigenvalue weighted by Crippen LogP contribution is 2.28. The molecular formula is C23H27N3O3S. The Labute approximate surface area is 180 Å². The smallest absolute Gasteiger partial charge is 0.262 e. The molecule has 0 unspecified atom stereocenters. The van der Waals surface area contributed by atoms with Gasteiger partial charge < -0.3 is 15.4 Å². The number of anilines is 2. The zero-order valence-corrected chi connectivity index (χ0v) is 18.6. The lowest BCUT2D eigenvalue weighted by atomic mass is 9.87. The molecular weight excluding hydrogens is 398 g/mol. The van der Waals surface area contributed by atoms with Crippen molar-refractivity contribution in [1.29, 1.82) is 0 Å². The topological polar surface area (TPSA) is 80.3 Å². The molecule has 0 saturated carbocycles. The zero-order valence-electron chi connectivity index (χ0n) is 17.7. The lowest BCUT2D eigenvalue weighted by Crippen LogP contribution is -2.20. The number of rotatable bonds is 7. The highest BCUT2D eigenvalue weighted by molar-refractivity contribution is 7.22. The summed E-state index contributed by atoms with van der Waals surface area (Å²) in [5.74, 6) is 0.372. The first-order valence-corrected chi connectivity index (χ1v) is 10.8. The highest BCUT2D eigenvalue weighted by atomic mass is 32.1. The standard InChI is InChI=1S/C23H27N3O3S/c1-5-6-20(27)26-22-25-18-12-9-16(13-19(18)30-22)24-21(28)14-29-17-10-7-15(8-11-17)23(2,3)4/h7-13H,5-6,14H2,1-4H3,(H,24,28)(H,25,26,27). The van der Waals surface area contributed by atoms with Crippen LogP contribution in [0.1, 0.15) is 46.1 Å².